The second kappa shape index (κ2) is 11.9. The highest BCUT2D eigenvalue weighted by atomic mass is 79.9. The normalized spacial score (nSPS) is 23.0. The second-order valence-corrected chi connectivity index (χ2v) is 12.7. The number of rotatable bonds is 5. The molecule has 38 heavy (non-hydrogen) atoms. The standard InChI is InChI=1S/C29H33BrClN3O3S/c1-19-7-9-21(31)17-24(19)32-11-13-33(14-12-32)28(35)18-34-23-5-3-4-6-26(23)38-27(29(34)36)16-20-8-10-25(37-2)22(30)15-20/h7-10,15-17,23,26H,3-6,11-14,18H2,1-2H3/b27-16+. The smallest absolute Gasteiger partial charge is 0.261 e. The van der Waals surface area contributed by atoms with Gasteiger partial charge in [0.25, 0.3) is 5.91 Å². The van der Waals surface area contributed by atoms with Crippen molar-refractivity contribution >= 4 is 62.9 Å². The number of benzene rings is 2. The minimum Gasteiger partial charge on any atom is -0.496 e. The average molecular weight is 619 g/mol. The van der Waals surface area contributed by atoms with Crippen LogP contribution in [0.25, 0.3) is 6.08 Å². The van der Waals surface area contributed by atoms with Crippen molar-refractivity contribution in [2.75, 3.05) is 44.7 Å². The second-order valence-electron chi connectivity index (χ2n) is 10.1. The Labute approximate surface area is 242 Å². The molecule has 6 nitrogen and oxygen atoms in total. The predicted molar refractivity (Wildman–Crippen MR) is 159 cm³/mol. The third kappa shape index (κ3) is 5.87. The van der Waals surface area contributed by atoms with E-state index in [4.69, 9.17) is 16.3 Å². The molecule has 5 rings (SSSR count). The number of fused-ring (bicyclic) bond motifs is 1. The molecule has 1 aliphatic carbocycles. The molecule has 2 heterocycles. The lowest BCUT2D eigenvalue weighted by molar-refractivity contribution is -0.140. The van der Waals surface area contributed by atoms with Gasteiger partial charge >= 0.3 is 0 Å². The number of halogens is 2. The Morgan fingerprint density at radius 1 is 1.13 bits per heavy atom. The quantitative estimate of drug-likeness (QED) is 0.385. The van der Waals surface area contributed by atoms with Gasteiger partial charge in [0.1, 0.15) is 12.3 Å². The summed E-state index contributed by atoms with van der Waals surface area (Å²) in [6.45, 7) is 5.00. The maximum atomic E-state index is 13.7. The van der Waals surface area contributed by atoms with E-state index in [0.29, 0.717) is 23.2 Å². The maximum Gasteiger partial charge on any atom is 0.261 e. The number of ether oxygens (including phenoxy) is 1. The van der Waals surface area contributed by atoms with Crippen LogP contribution in [0.2, 0.25) is 5.02 Å². The van der Waals surface area contributed by atoms with Crippen molar-refractivity contribution < 1.29 is 14.3 Å². The molecule has 2 atom stereocenters. The molecule has 2 amide bonds. The van der Waals surface area contributed by atoms with Gasteiger partial charge < -0.3 is 19.4 Å². The zero-order valence-corrected chi connectivity index (χ0v) is 24.9. The Morgan fingerprint density at radius 2 is 1.89 bits per heavy atom. The summed E-state index contributed by atoms with van der Waals surface area (Å²) in [5.74, 6) is 0.746. The van der Waals surface area contributed by atoms with Gasteiger partial charge in [-0.25, -0.2) is 0 Å². The molecule has 2 saturated heterocycles. The highest BCUT2D eigenvalue weighted by molar-refractivity contribution is 9.10. The minimum absolute atomic E-state index is 0.0311. The summed E-state index contributed by atoms with van der Waals surface area (Å²) in [7, 11) is 1.63. The molecule has 3 aliphatic rings. The van der Waals surface area contributed by atoms with Crippen molar-refractivity contribution in [3.63, 3.8) is 0 Å². The largest absolute Gasteiger partial charge is 0.496 e. The van der Waals surface area contributed by atoms with Crippen molar-refractivity contribution in [3.05, 3.63) is 61.9 Å². The van der Waals surface area contributed by atoms with Gasteiger partial charge in [0.15, 0.2) is 0 Å². The summed E-state index contributed by atoms with van der Waals surface area (Å²) >= 11 is 11.5. The monoisotopic (exact) mass is 617 g/mol. The zero-order chi connectivity index (χ0) is 26.8. The molecule has 2 aliphatic heterocycles. The molecule has 0 N–H and O–H groups in total. The van der Waals surface area contributed by atoms with E-state index in [2.05, 4.69) is 27.8 Å². The molecule has 9 heteroatoms. The topological polar surface area (TPSA) is 53.1 Å². The molecule has 3 fully saturated rings. The maximum absolute atomic E-state index is 13.7. The average Bonchev–Trinajstić information content (AvgIpc) is 2.92. The fraction of sp³-hybridized carbons (Fsp3) is 0.448. The number of carbonyl (C=O) groups is 2. The number of nitrogens with zero attached hydrogens (tertiary/aromatic N) is 3. The number of amides is 2. The van der Waals surface area contributed by atoms with Crippen LogP contribution in [-0.4, -0.2) is 72.7 Å². The zero-order valence-electron chi connectivity index (χ0n) is 21.8. The molecular weight excluding hydrogens is 586 g/mol. The number of hydrogen-bond donors (Lipinski definition) is 0. The molecule has 0 radical (unpaired) electrons. The molecule has 1 saturated carbocycles. The van der Waals surface area contributed by atoms with Crippen LogP contribution in [0.1, 0.15) is 36.8 Å². The van der Waals surface area contributed by atoms with Crippen molar-refractivity contribution in [2.24, 2.45) is 0 Å². The van der Waals surface area contributed by atoms with Gasteiger partial charge in [0, 0.05) is 48.2 Å². The fourth-order valence-corrected chi connectivity index (χ4v) is 7.85. The van der Waals surface area contributed by atoms with Crippen molar-refractivity contribution in [1.29, 1.82) is 0 Å². The van der Waals surface area contributed by atoms with Crippen LogP contribution in [0, 0.1) is 6.92 Å². The van der Waals surface area contributed by atoms with Crippen LogP contribution in [0.3, 0.4) is 0 Å². The van der Waals surface area contributed by atoms with Crippen LogP contribution >= 0.6 is 39.3 Å². The lowest BCUT2D eigenvalue weighted by Crippen LogP contribution is -2.57. The first-order valence-electron chi connectivity index (χ1n) is 13.2. The van der Waals surface area contributed by atoms with Gasteiger partial charge in [-0.2, -0.15) is 0 Å². The third-order valence-corrected chi connectivity index (χ3v) is 10.00. The van der Waals surface area contributed by atoms with Crippen molar-refractivity contribution in [3.8, 4) is 5.75 Å². The Hall–Kier alpha value is -2.16. The SMILES string of the molecule is COc1ccc(/C=C2/SC3CCCCC3N(CC(=O)N3CCN(c4cc(Cl)ccc4C)CC3)C2=O)cc1Br. The summed E-state index contributed by atoms with van der Waals surface area (Å²) < 4.78 is 6.19. The number of methoxy groups -OCH3 is 1. The number of aryl methyl sites for hydroxylation is 1. The van der Waals surface area contributed by atoms with E-state index in [-0.39, 0.29) is 24.4 Å². The first kappa shape index (κ1) is 27.4. The number of carbonyl (C=O) groups excluding carboxylic acids is 2. The van der Waals surface area contributed by atoms with E-state index in [1.807, 2.05) is 52.3 Å². The van der Waals surface area contributed by atoms with E-state index in [1.54, 1.807) is 18.9 Å². The number of thioether (sulfide) groups is 1. The summed E-state index contributed by atoms with van der Waals surface area (Å²) in [5.41, 5.74) is 3.23. The Kier molecular flexibility index (Phi) is 8.60. The number of hydrogen-bond acceptors (Lipinski definition) is 5. The number of anilines is 1. The Balaban J connectivity index is 1.29. The van der Waals surface area contributed by atoms with Crippen molar-refractivity contribution in [1.82, 2.24) is 9.80 Å². The molecule has 0 aromatic heterocycles. The van der Waals surface area contributed by atoms with E-state index in [0.717, 1.165) is 65.3 Å². The fourth-order valence-electron chi connectivity index (χ4n) is 5.65. The molecular formula is C29H33BrClN3O3S. The van der Waals surface area contributed by atoms with Crippen LogP contribution in [-0.2, 0) is 9.59 Å². The van der Waals surface area contributed by atoms with Crippen LogP contribution in [0.15, 0.2) is 45.8 Å². The lowest BCUT2D eigenvalue weighted by Gasteiger charge is -2.45. The highest BCUT2D eigenvalue weighted by Crippen LogP contribution is 2.42. The summed E-state index contributed by atoms with van der Waals surface area (Å²) in [4.78, 5) is 34.0. The Bertz CT molecular complexity index is 1250. The van der Waals surface area contributed by atoms with Crippen LogP contribution < -0.4 is 9.64 Å². The Morgan fingerprint density at radius 3 is 2.63 bits per heavy atom. The predicted octanol–water partition coefficient (Wildman–Crippen LogP) is 6.00. The van der Waals surface area contributed by atoms with Crippen molar-refractivity contribution in [2.45, 2.75) is 43.9 Å². The third-order valence-electron chi connectivity index (χ3n) is 7.74. The lowest BCUT2D eigenvalue weighted by atomic mass is 9.93. The van der Waals surface area contributed by atoms with Crippen LogP contribution in [0.5, 0.6) is 5.75 Å². The van der Waals surface area contributed by atoms with Gasteiger partial charge in [0.2, 0.25) is 5.91 Å². The van der Waals surface area contributed by atoms with Crippen LogP contribution in [0.4, 0.5) is 5.69 Å². The molecule has 2 aromatic rings. The van der Waals surface area contributed by atoms with Gasteiger partial charge in [-0.3, -0.25) is 9.59 Å². The summed E-state index contributed by atoms with van der Waals surface area (Å²) in [5, 5.41) is 1.04. The van der Waals surface area contributed by atoms with Gasteiger partial charge in [0.05, 0.1) is 16.5 Å². The number of piperazine rings is 1. The van der Waals surface area contributed by atoms with E-state index >= 15 is 0 Å². The minimum atomic E-state index is -0.0355. The molecule has 0 bridgehead atoms. The van der Waals surface area contributed by atoms with Gasteiger partial charge in [-0.05, 0) is 77.2 Å². The first-order valence-corrected chi connectivity index (χ1v) is 15.2. The van der Waals surface area contributed by atoms with E-state index < -0.39 is 0 Å². The van der Waals surface area contributed by atoms with Gasteiger partial charge in [-0.1, -0.05) is 36.6 Å². The first-order chi connectivity index (χ1) is 18.3. The molecule has 0 spiro atoms. The molecule has 2 unspecified atom stereocenters. The summed E-state index contributed by atoms with van der Waals surface area (Å²) in [6, 6.07) is 11.9. The van der Waals surface area contributed by atoms with E-state index in [1.165, 1.54) is 5.56 Å². The van der Waals surface area contributed by atoms with Gasteiger partial charge in [-0.15, -0.1) is 11.8 Å². The molecule has 2 aromatic carbocycles. The molecule has 202 valence electrons. The highest BCUT2D eigenvalue weighted by Gasteiger charge is 2.41. The van der Waals surface area contributed by atoms with E-state index in [9.17, 15) is 9.59 Å². The summed E-state index contributed by atoms with van der Waals surface area (Å²) in [6.07, 6.45) is 6.23.